The van der Waals surface area contributed by atoms with Crippen molar-refractivity contribution in [3.8, 4) is 0 Å². The molecular weight excluding hydrogens is 254 g/mol. The molecule has 0 unspecified atom stereocenters. The first kappa shape index (κ1) is 21.8. The summed E-state index contributed by atoms with van der Waals surface area (Å²) in [7, 11) is 0. The van der Waals surface area contributed by atoms with Crippen molar-refractivity contribution in [3.63, 3.8) is 0 Å². The zero-order chi connectivity index (χ0) is 10.2. The van der Waals surface area contributed by atoms with Gasteiger partial charge in [-0.25, -0.2) is 23.3 Å². The maximum Gasteiger partial charge on any atom is 2.00 e. The molecule has 17 heavy (non-hydrogen) atoms. The van der Waals surface area contributed by atoms with Crippen molar-refractivity contribution in [2.75, 3.05) is 0 Å². The van der Waals surface area contributed by atoms with Gasteiger partial charge in [0.1, 0.15) is 0 Å². The normalized spacial score (nSPS) is 14.5. The van der Waals surface area contributed by atoms with Crippen LogP contribution in [0.4, 0.5) is 9.41 Å². The molecule has 2 aliphatic carbocycles. The Morgan fingerprint density at radius 1 is 0.882 bits per heavy atom. The van der Waals surface area contributed by atoms with Crippen LogP contribution in [0.15, 0.2) is 35.5 Å². The third-order valence-corrected chi connectivity index (χ3v) is 2.29. The van der Waals surface area contributed by atoms with E-state index in [0.717, 1.165) is 25.7 Å². The molecule has 0 bridgehead atoms. The van der Waals surface area contributed by atoms with Crippen LogP contribution in [0.25, 0.3) is 0 Å². The van der Waals surface area contributed by atoms with Gasteiger partial charge in [0.25, 0.3) is 0 Å². The number of halogens is 2. The van der Waals surface area contributed by atoms with Gasteiger partial charge in [-0.15, -0.1) is 12.8 Å². The van der Waals surface area contributed by atoms with Crippen molar-refractivity contribution in [2.45, 2.75) is 39.5 Å². The molecule has 2 rings (SSSR count). The zero-order valence-electron chi connectivity index (χ0n) is 10.5. The maximum atomic E-state index is 3.21. The fourth-order valence-corrected chi connectivity index (χ4v) is 1.39. The van der Waals surface area contributed by atoms with Crippen molar-refractivity contribution in [1.82, 2.24) is 0 Å². The molecule has 0 amide bonds. The van der Waals surface area contributed by atoms with Crippen LogP contribution >= 0.6 is 0 Å². The van der Waals surface area contributed by atoms with E-state index in [1.165, 1.54) is 11.1 Å². The molecule has 94 valence electrons. The van der Waals surface area contributed by atoms with Crippen molar-refractivity contribution < 1.29 is 31.1 Å². The van der Waals surface area contributed by atoms with Gasteiger partial charge in [-0.05, 0) is 0 Å². The molecular formula is C14H20F2Ti. The first-order valence-corrected chi connectivity index (χ1v) is 5.39. The van der Waals surface area contributed by atoms with E-state index in [4.69, 9.17) is 0 Å². The summed E-state index contributed by atoms with van der Waals surface area (Å²) in [4.78, 5) is 0. The summed E-state index contributed by atoms with van der Waals surface area (Å²) in [5, 5.41) is 0. The molecule has 0 spiro atoms. The standard InChI is InChI=1S/2C7H9.2FH.Ti/c2*1-2-7-5-3-4-6-7;;;/h2*3,5H,2,4H2,1H3;2*1H;/q2*-1;;;+2. The van der Waals surface area contributed by atoms with Gasteiger partial charge in [0, 0.05) is 0 Å². The molecule has 0 fully saturated rings. The Balaban J connectivity index is -0.000000196. The van der Waals surface area contributed by atoms with Gasteiger partial charge < -0.3 is 0 Å². The van der Waals surface area contributed by atoms with Crippen molar-refractivity contribution in [3.05, 3.63) is 47.6 Å². The average Bonchev–Trinajstić information content (AvgIpc) is 2.92. The van der Waals surface area contributed by atoms with E-state index >= 15 is 0 Å². The van der Waals surface area contributed by atoms with Crippen molar-refractivity contribution in [1.29, 1.82) is 0 Å². The molecule has 0 nitrogen and oxygen atoms in total. The monoisotopic (exact) mass is 274 g/mol. The number of allylic oxidation sites excluding steroid dienone is 8. The Morgan fingerprint density at radius 2 is 1.24 bits per heavy atom. The van der Waals surface area contributed by atoms with Crippen molar-refractivity contribution >= 4 is 0 Å². The molecule has 0 heterocycles. The number of hydrogen-bond acceptors (Lipinski definition) is 0. The zero-order valence-corrected chi connectivity index (χ0v) is 12.0. The molecule has 0 saturated heterocycles. The maximum absolute atomic E-state index is 3.21. The predicted octanol–water partition coefficient (Wildman–Crippen LogP) is 4.47. The minimum atomic E-state index is 0. The van der Waals surface area contributed by atoms with Gasteiger partial charge in [-0.2, -0.15) is 12.2 Å². The first-order chi connectivity index (χ1) is 6.86. The summed E-state index contributed by atoms with van der Waals surface area (Å²) in [6.45, 7) is 4.30. The molecule has 0 aliphatic heterocycles. The SMILES string of the molecule is CCC1=[C-]CC=C1.CCC1=[C-]CC=C1.F.F.[Ti+2]. The second kappa shape index (κ2) is 13.6. The van der Waals surface area contributed by atoms with E-state index in [2.05, 4.69) is 50.3 Å². The molecule has 0 aromatic heterocycles. The van der Waals surface area contributed by atoms with E-state index in [1.807, 2.05) is 0 Å². The second-order valence-corrected chi connectivity index (χ2v) is 3.32. The van der Waals surface area contributed by atoms with E-state index in [-0.39, 0.29) is 31.1 Å². The van der Waals surface area contributed by atoms with Crippen molar-refractivity contribution in [2.24, 2.45) is 0 Å². The van der Waals surface area contributed by atoms with Gasteiger partial charge in [-0.1, -0.05) is 26.7 Å². The Bertz CT molecular complexity index is 259. The smallest absolute Gasteiger partial charge is 0.270 e. The van der Waals surface area contributed by atoms with E-state index in [1.54, 1.807) is 0 Å². The van der Waals surface area contributed by atoms with E-state index in [0.29, 0.717) is 0 Å². The summed E-state index contributed by atoms with van der Waals surface area (Å²) < 4.78 is 0. The third-order valence-electron chi connectivity index (χ3n) is 2.29. The Morgan fingerprint density at radius 3 is 1.35 bits per heavy atom. The quantitative estimate of drug-likeness (QED) is 0.514. The molecule has 3 heteroatoms. The van der Waals surface area contributed by atoms with Crippen LogP contribution in [0.3, 0.4) is 0 Å². The van der Waals surface area contributed by atoms with Gasteiger partial charge in [0.05, 0.1) is 0 Å². The van der Waals surface area contributed by atoms with E-state index < -0.39 is 0 Å². The molecule has 0 atom stereocenters. The Hall–Kier alpha value is -0.466. The van der Waals surface area contributed by atoms with Crippen LogP contribution in [0.1, 0.15) is 39.5 Å². The van der Waals surface area contributed by atoms with E-state index in [9.17, 15) is 0 Å². The van der Waals surface area contributed by atoms with Crippen LogP contribution in [0, 0.1) is 12.2 Å². The third kappa shape index (κ3) is 9.26. The molecule has 0 N–H and O–H groups in total. The van der Waals surface area contributed by atoms with Crippen LogP contribution in [-0.2, 0) is 21.7 Å². The summed E-state index contributed by atoms with van der Waals surface area (Å²) in [6, 6.07) is 0. The van der Waals surface area contributed by atoms with Gasteiger partial charge in [0.15, 0.2) is 0 Å². The molecule has 0 aromatic rings. The first-order valence-electron chi connectivity index (χ1n) is 5.39. The van der Waals surface area contributed by atoms with Gasteiger partial charge >= 0.3 is 21.7 Å². The minimum absolute atomic E-state index is 0. The fraction of sp³-hybridized carbons (Fsp3) is 0.429. The minimum Gasteiger partial charge on any atom is -0.270 e. The van der Waals surface area contributed by atoms with Crippen LogP contribution in [-0.4, -0.2) is 0 Å². The van der Waals surface area contributed by atoms with Crippen LogP contribution in [0.5, 0.6) is 0 Å². The summed E-state index contributed by atoms with van der Waals surface area (Å²) in [5.41, 5.74) is 2.72. The topological polar surface area (TPSA) is 0 Å². The van der Waals surface area contributed by atoms with Crippen LogP contribution in [0.2, 0.25) is 0 Å². The Kier molecular flexibility index (Phi) is 17.4. The summed E-state index contributed by atoms with van der Waals surface area (Å²) >= 11 is 0. The second-order valence-electron chi connectivity index (χ2n) is 3.32. The average molecular weight is 274 g/mol. The molecule has 0 radical (unpaired) electrons. The molecule has 2 aliphatic rings. The summed E-state index contributed by atoms with van der Waals surface area (Å²) in [5.74, 6) is 0. The molecule has 0 aromatic carbocycles. The molecule has 0 saturated carbocycles. The van der Waals surface area contributed by atoms with Gasteiger partial charge in [-0.3, -0.25) is 21.6 Å². The summed E-state index contributed by atoms with van der Waals surface area (Å²) in [6.07, 6.45) is 19.3. The largest absolute Gasteiger partial charge is 2.00 e. The fourth-order valence-electron chi connectivity index (χ4n) is 1.39. The predicted molar refractivity (Wildman–Crippen MR) is 66.6 cm³/mol. The number of rotatable bonds is 2. The number of hydrogen-bond donors (Lipinski definition) is 0. The Labute approximate surface area is 118 Å². The van der Waals surface area contributed by atoms with Gasteiger partial charge in [0.2, 0.25) is 0 Å². The van der Waals surface area contributed by atoms with Crippen LogP contribution < -0.4 is 0 Å².